The average Bonchev–Trinajstić information content (AvgIpc) is 3.29. The summed E-state index contributed by atoms with van der Waals surface area (Å²) in [6.07, 6.45) is 3.58. The predicted molar refractivity (Wildman–Crippen MR) is 106 cm³/mol. The van der Waals surface area contributed by atoms with E-state index in [4.69, 9.17) is 16.3 Å². The molecule has 3 heterocycles. The van der Waals surface area contributed by atoms with E-state index in [0.29, 0.717) is 16.4 Å². The lowest BCUT2D eigenvalue weighted by Crippen LogP contribution is -2.44. The Morgan fingerprint density at radius 2 is 1.89 bits per heavy atom. The molecule has 0 unspecified atom stereocenters. The normalized spacial score (nSPS) is 16.0. The zero-order valence-electron chi connectivity index (χ0n) is 16.2. The van der Waals surface area contributed by atoms with Crippen LogP contribution in [-0.2, 0) is 11.3 Å². The fraction of sp³-hybridized carbons (Fsp3) is 0.450. The second kappa shape index (κ2) is 6.81. The minimum Gasteiger partial charge on any atom is -0.455 e. The second-order valence-electron chi connectivity index (χ2n) is 8.08. The number of anilines is 1. The number of rotatable bonds is 1. The first-order valence-corrected chi connectivity index (χ1v) is 9.79. The Morgan fingerprint density at radius 3 is 2.57 bits per heavy atom. The summed E-state index contributed by atoms with van der Waals surface area (Å²) >= 11 is 6.47. The van der Waals surface area contributed by atoms with Crippen LogP contribution in [0.25, 0.3) is 5.69 Å². The molecule has 0 spiro atoms. The van der Waals surface area contributed by atoms with Crippen LogP contribution in [0.1, 0.15) is 49.8 Å². The lowest BCUT2D eigenvalue weighted by atomic mass is 10.1. The SMILES string of the molecule is CC(C)(C)OC(=O)c1ncn2c1CN(C(=O)N1CCCC1)c1c(Cl)cccc1-2. The molecule has 1 fully saturated rings. The molecule has 0 aliphatic carbocycles. The van der Waals surface area contributed by atoms with Gasteiger partial charge >= 0.3 is 12.0 Å². The Morgan fingerprint density at radius 1 is 1.18 bits per heavy atom. The van der Waals surface area contributed by atoms with Crippen molar-refractivity contribution in [3.8, 4) is 5.69 Å². The predicted octanol–water partition coefficient (Wildman–Crippen LogP) is 4.02. The van der Waals surface area contributed by atoms with Crippen LogP contribution in [0.3, 0.4) is 0 Å². The number of carbonyl (C=O) groups is 2. The number of hydrogen-bond acceptors (Lipinski definition) is 4. The Labute approximate surface area is 168 Å². The Balaban J connectivity index is 1.78. The lowest BCUT2D eigenvalue weighted by Gasteiger charge is -2.34. The van der Waals surface area contributed by atoms with Crippen LogP contribution in [0.2, 0.25) is 5.02 Å². The molecule has 4 rings (SSSR count). The van der Waals surface area contributed by atoms with Crippen molar-refractivity contribution in [2.75, 3.05) is 18.0 Å². The fourth-order valence-electron chi connectivity index (χ4n) is 3.67. The quantitative estimate of drug-likeness (QED) is 0.676. The summed E-state index contributed by atoms with van der Waals surface area (Å²) in [6.45, 7) is 7.10. The molecule has 1 saturated heterocycles. The minimum absolute atomic E-state index is 0.102. The third-order valence-corrected chi connectivity index (χ3v) is 5.17. The highest BCUT2D eigenvalue weighted by molar-refractivity contribution is 6.34. The number of halogens is 1. The van der Waals surface area contributed by atoms with Crippen molar-refractivity contribution in [2.45, 2.75) is 45.8 Å². The number of fused-ring (bicyclic) bond motifs is 3. The fourth-order valence-corrected chi connectivity index (χ4v) is 3.94. The van der Waals surface area contributed by atoms with Gasteiger partial charge in [-0.15, -0.1) is 0 Å². The number of benzene rings is 1. The van der Waals surface area contributed by atoms with Crippen molar-refractivity contribution in [1.29, 1.82) is 0 Å². The van der Waals surface area contributed by atoms with E-state index >= 15 is 0 Å². The van der Waals surface area contributed by atoms with Crippen molar-refractivity contribution < 1.29 is 14.3 Å². The van der Waals surface area contributed by atoms with Gasteiger partial charge in [-0.2, -0.15) is 0 Å². The number of nitrogens with zero attached hydrogens (tertiary/aromatic N) is 4. The maximum absolute atomic E-state index is 13.2. The van der Waals surface area contributed by atoms with Gasteiger partial charge in [-0.3, -0.25) is 9.47 Å². The van der Waals surface area contributed by atoms with E-state index in [1.807, 2.05) is 42.4 Å². The molecule has 2 aromatic rings. The molecule has 0 N–H and O–H groups in total. The molecule has 28 heavy (non-hydrogen) atoms. The van der Waals surface area contributed by atoms with Crippen LogP contribution in [-0.4, -0.2) is 45.1 Å². The summed E-state index contributed by atoms with van der Waals surface area (Å²) in [4.78, 5) is 33.6. The number of aromatic nitrogens is 2. The van der Waals surface area contributed by atoms with Gasteiger partial charge in [0, 0.05) is 13.1 Å². The summed E-state index contributed by atoms with van der Waals surface area (Å²) < 4.78 is 7.31. The number of ether oxygens (including phenoxy) is 1. The van der Waals surface area contributed by atoms with Crippen molar-refractivity contribution in [2.24, 2.45) is 0 Å². The molecule has 2 aliphatic heterocycles. The third kappa shape index (κ3) is 3.24. The van der Waals surface area contributed by atoms with Crippen molar-refractivity contribution in [1.82, 2.24) is 14.5 Å². The van der Waals surface area contributed by atoms with Crippen molar-refractivity contribution in [3.63, 3.8) is 0 Å². The highest BCUT2D eigenvalue weighted by atomic mass is 35.5. The van der Waals surface area contributed by atoms with Crippen LogP contribution < -0.4 is 4.90 Å². The molecule has 1 aromatic carbocycles. The molecule has 8 heteroatoms. The molecule has 0 saturated carbocycles. The zero-order valence-corrected chi connectivity index (χ0v) is 17.0. The van der Waals surface area contributed by atoms with Crippen LogP contribution >= 0.6 is 11.6 Å². The monoisotopic (exact) mass is 402 g/mol. The molecule has 0 bridgehead atoms. The first kappa shape index (κ1) is 18.8. The van der Waals surface area contributed by atoms with Gasteiger partial charge in [-0.05, 0) is 45.7 Å². The van der Waals surface area contributed by atoms with Gasteiger partial charge in [-0.1, -0.05) is 17.7 Å². The van der Waals surface area contributed by atoms with Crippen LogP contribution in [0, 0.1) is 0 Å². The van der Waals surface area contributed by atoms with Gasteiger partial charge in [0.1, 0.15) is 11.9 Å². The van der Waals surface area contributed by atoms with E-state index in [9.17, 15) is 9.59 Å². The second-order valence-corrected chi connectivity index (χ2v) is 8.49. The minimum atomic E-state index is -0.630. The van der Waals surface area contributed by atoms with Crippen molar-refractivity contribution in [3.05, 3.63) is 40.9 Å². The Kier molecular flexibility index (Phi) is 4.57. The first-order valence-electron chi connectivity index (χ1n) is 9.41. The van der Waals surface area contributed by atoms with E-state index in [-0.39, 0.29) is 18.3 Å². The highest BCUT2D eigenvalue weighted by Crippen LogP contribution is 2.39. The smallest absolute Gasteiger partial charge is 0.359 e. The van der Waals surface area contributed by atoms with Gasteiger partial charge in [0.2, 0.25) is 0 Å². The number of para-hydroxylation sites is 1. The topological polar surface area (TPSA) is 67.7 Å². The van der Waals surface area contributed by atoms with E-state index in [1.54, 1.807) is 17.3 Å². The first-order chi connectivity index (χ1) is 13.3. The molecular weight excluding hydrogens is 380 g/mol. The number of esters is 1. The number of imidazole rings is 1. The van der Waals surface area contributed by atoms with Crippen molar-refractivity contribution >= 4 is 29.3 Å². The van der Waals surface area contributed by atoms with Crippen LogP contribution in [0.15, 0.2) is 24.5 Å². The number of amides is 2. The molecule has 1 aromatic heterocycles. The molecule has 2 aliphatic rings. The van der Waals surface area contributed by atoms with E-state index in [1.165, 1.54) is 0 Å². The van der Waals surface area contributed by atoms with Crippen LogP contribution in [0.5, 0.6) is 0 Å². The largest absolute Gasteiger partial charge is 0.455 e. The summed E-state index contributed by atoms with van der Waals surface area (Å²) in [6, 6.07) is 5.35. The Hall–Kier alpha value is -2.54. The number of hydrogen-bond donors (Lipinski definition) is 0. The molecule has 2 amide bonds. The number of urea groups is 1. The maximum Gasteiger partial charge on any atom is 0.359 e. The number of carbonyl (C=O) groups excluding carboxylic acids is 2. The molecule has 7 nitrogen and oxygen atoms in total. The molecular formula is C20H23ClN4O3. The maximum atomic E-state index is 13.2. The third-order valence-electron chi connectivity index (χ3n) is 4.87. The summed E-state index contributed by atoms with van der Waals surface area (Å²) in [5, 5.41) is 0.489. The Bertz CT molecular complexity index is 941. The summed E-state index contributed by atoms with van der Waals surface area (Å²) in [5.41, 5.74) is 1.58. The van der Waals surface area contributed by atoms with E-state index in [2.05, 4.69) is 4.98 Å². The van der Waals surface area contributed by atoms with Gasteiger partial charge in [0.25, 0.3) is 0 Å². The van der Waals surface area contributed by atoms with Gasteiger partial charge < -0.3 is 9.64 Å². The van der Waals surface area contributed by atoms with Gasteiger partial charge in [-0.25, -0.2) is 14.6 Å². The molecule has 0 radical (unpaired) electrons. The average molecular weight is 403 g/mol. The van der Waals surface area contributed by atoms with Gasteiger partial charge in [0.15, 0.2) is 5.69 Å². The van der Waals surface area contributed by atoms with Gasteiger partial charge in [0.05, 0.1) is 28.6 Å². The summed E-state index contributed by atoms with van der Waals surface area (Å²) in [7, 11) is 0. The van der Waals surface area contributed by atoms with Crippen LogP contribution in [0.4, 0.5) is 10.5 Å². The number of likely N-dealkylation sites (tertiary alicyclic amines) is 1. The lowest BCUT2D eigenvalue weighted by molar-refractivity contribution is 0.00619. The standard InChI is InChI=1S/C20H23ClN4O3/c1-20(2,3)28-18(26)16-15-11-24(19(27)23-9-4-5-10-23)17-13(21)7-6-8-14(17)25(15)12-22-16/h6-8,12H,4-5,9-11H2,1-3H3. The highest BCUT2D eigenvalue weighted by Gasteiger charge is 2.35. The van der Waals surface area contributed by atoms with E-state index < -0.39 is 11.6 Å². The molecule has 148 valence electrons. The molecule has 0 atom stereocenters. The summed E-state index contributed by atoms with van der Waals surface area (Å²) in [5.74, 6) is -0.500. The van der Waals surface area contributed by atoms with E-state index in [0.717, 1.165) is 31.6 Å². The zero-order chi connectivity index (χ0) is 20.1.